The molecule has 2 N–H and O–H groups in total. The summed E-state index contributed by atoms with van der Waals surface area (Å²) < 4.78 is 1.71. The molecule has 0 aliphatic rings. The number of nitrogens with two attached hydrogens (primary N) is 1. The van der Waals surface area contributed by atoms with E-state index in [0.29, 0.717) is 15.9 Å². The molecule has 2 rings (SSSR count). The van der Waals surface area contributed by atoms with Crippen molar-refractivity contribution in [2.45, 2.75) is 19.9 Å². The topological polar surface area (TPSA) is 43.8 Å². The normalized spacial score (nSPS) is 12.7. The lowest BCUT2D eigenvalue weighted by Crippen LogP contribution is -2.11. The molecule has 0 aliphatic carbocycles. The number of nitrogens with zero attached hydrogens (tertiary/aromatic N) is 2. The van der Waals surface area contributed by atoms with E-state index in [4.69, 9.17) is 28.9 Å². The van der Waals surface area contributed by atoms with E-state index in [0.717, 1.165) is 11.3 Å². The predicted molar refractivity (Wildman–Crippen MR) is 71.7 cm³/mol. The third-order valence-corrected chi connectivity index (χ3v) is 3.45. The maximum atomic E-state index is 6.03. The van der Waals surface area contributed by atoms with Gasteiger partial charge in [-0.25, -0.2) is 4.68 Å². The lowest BCUT2D eigenvalue weighted by Gasteiger charge is -2.14. The summed E-state index contributed by atoms with van der Waals surface area (Å²) in [5.41, 5.74) is 7.69. The minimum atomic E-state index is -0.0000926. The van der Waals surface area contributed by atoms with Crippen LogP contribution in [0.1, 0.15) is 24.2 Å². The fourth-order valence-corrected chi connectivity index (χ4v) is 2.07. The van der Waals surface area contributed by atoms with E-state index < -0.39 is 0 Å². The van der Waals surface area contributed by atoms with E-state index in [1.807, 2.05) is 38.1 Å². The second-order valence-electron chi connectivity index (χ2n) is 3.96. The van der Waals surface area contributed by atoms with Crippen LogP contribution >= 0.6 is 23.2 Å². The molecule has 1 unspecified atom stereocenters. The molecular formula is C12H13Cl2N3. The molecule has 0 saturated carbocycles. The average molecular weight is 270 g/mol. The molecule has 90 valence electrons. The van der Waals surface area contributed by atoms with Gasteiger partial charge in [0.15, 0.2) is 0 Å². The number of hydrogen-bond acceptors (Lipinski definition) is 2. The van der Waals surface area contributed by atoms with Crippen molar-refractivity contribution in [1.29, 1.82) is 0 Å². The summed E-state index contributed by atoms with van der Waals surface area (Å²) in [6.45, 7) is 3.84. The highest BCUT2D eigenvalue weighted by molar-refractivity contribution is 6.33. The van der Waals surface area contributed by atoms with Crippen LogP contribution in [-0.2, 0) is 0 Å². The Bertz CT molecular complexity index is 549. The van der Waals surface area contributed by atoms with Gasteiger partial charge in [-0.15, -0.1) is 0 Å². The van der Waals surface area contributed by atoms with Gasteiger partial charge in [-0.1, -0.05) is 35.3 Å². The van der Waals surface area contributed by atoms with E-state index in [2.05, 4.69) is 5.10 Å². The van der Waals surface area contributed by atoms with Crippen molar-refractivity contribution in [3.05, 3.63) is 45.6 Å². The number of rotatable bonds is 2. The summed E-state index contributed by atoms with van der Waals surface area (Å²) in [5, 5.41) is 5.54. The molecule has 17 heavy (non-hydrogen) atoms. The largest absolute Gasteiger partial charge is 0.383 e. The van der Waals surface area contributed by atoms with E-state index in [1.54, 1.807) is 4.68 Å². The second kappa shape index (κ2) is 4.59. The minimum absolute atomic E-state index is 0.0000926. The fourth-order valence-electron chi connectivity index (χ4n) is 1.75. The standard InChI is InChI=1S/C12H13Cl2N3/c1-7-11(14)12(15)17(16-7)8(2)9-4-3-5-10(13)6-9/h3-6,8H,15H2,1-2H3. The van der Waals surface area contributed by atoms with Crippen LogP contribution in [0, 0.1) is 6.92 Å². The number of halogens is 2. The first-order chi connectivity index (χ1) is 8.00. The molecule has 0 aliphatic heterocycles. The number of nitrogen functional groups attached to an aromatic ring is 1. The van der Waals surface area contributed by atoms with Crippen LogP contribution in [0.15, 0.2) is 24.3 Å². The van der Waals surface area contributed by atoms with Crippen molar-refractivity contribution in [2.75, 3.05) is 5.73 Å². The van der Waals surface area contributed by atoms with Gasteiger partial charge in [-0.2, -0.15) is 5.10 Å². The number of aryl methyl sites for hydroxylation is 1. The van der Waals surface area contributed by atoms with E-state index in [-0.39, 0.29) is 6.04 Å². The molecule has 0 fully saturated rings. The third-order valence-electron chi connectivity index (χ3n) is 2.75. The number of hydrogen-bond donors (Lipinski definition) is 1. The van der Waals surface area contributed by atoms with Crippen LogP contribution in [0.3, 0.4) is 0 Å². The van der Waals surface area contributed by atoms with Crippen molar-refractivity contribution in [2.24, 2.45) is 0 Å². The molecular weight excluding hydrogens is 257 g/mol. The van der Waals surface area contributed by atoms with Crippen LogP contribution in [0.2, 0.25) is 10.0 Å². The van der Waals surface area contributed by atoms with Gasteiger partial charge >= 0.3 is 0 Å². The molecule has 0 amide bonds. The zero-order valence-electron chi connectivity index (χ0n) is 9.61. The van der Waals surface area contributed by atoms with Gasteiger partial charge in [0.1, 0.15) is 10.8 Å². The summed E-state index contributed by atoms with van der Waals surface area (Å²) in [6, 6.07) is 7.63. The highest BCUT2D eigenvalue weighted by Gasteiger charge is 2.16. The van der Waals surface area contributed by atoms with Crippen LogP contribution in [-0.4, -0.2) is 9.78 Å². The van der Waals surface area contributed by atoms with Crippen molar-refractivity contribution in [3.63, 3.8) is 0 Å². The van der Waals surface area contributed by atoms with Crippen LogP contribution in [0.5, 0.6) is 0 Å². The Morgan fingerprint density at radius 3 is 2.59 bits per heavy atom. The first kappa shape index (κ1) is 12.3. The molecule has 1 aromatic heterocycles. The highest BCUT2D eigenvalue weighted by atomic mass is 35.5. The minimum Gasteiger partial charge on any atom is -0.383 e. The molecule has 5 heteroatoms. The zero-order valence-corrected chi connectivity index (χ0v) is 11.1. The van der Waals surface area contributed by atoms with Gasteiger partial charge in [0.05, 0.1) is 11.7 Å². The summed E-state index contributed by atoms with van der Waals surface area (Å²) in [7, 11) is 0. The van der Waals surface area contributed by atoms with Crippen molar-refractivity contribution >= 4 is 29.0 Å². The van der Waals surface area contributed by atoms with Crippen LogP contribution in [0.4, 0.5) is 5.82 Å². The smallest absolute Gasteiger partial charge is 0.141 e. The molecule has 3 nitrogen and oxygen atoms in total. The number of aromatic nitrogens is 2. The Morgan fingerprint density at radius 1 is 1.35 bits per heavy atom. The molecule has 0 bridgehead atoms. The number of benzene rings is 1. The molecule has 1 heterocycles. The third kappa shape index (κ3) is 2.26. The second-order valence-corrected chi connectivity index (χ2v) is 4.77. The molecule has 0 radical (unpaired) electrons. The molecule has 2 aromatic rings. The van der Waals surface area contributed by atoms with Gasteiger partial charge in [0.25, 0.3) is 0 Å². The maximum absolute atomic E-state index is 6.03. The van der Waals surface area contributed by atoms with Crippen LogP contribution < -0.4 is 5.73 Å². The molecule has 0 spiro atoms. The first-order valence-electron chi connectivity index (χ1n) is 5.26. The Morgan fingerprint density at radius 2 is 2.06 bits per heavy atom. The summed E-state index contributed by atoms with van der Waals surface area (Å²) >= 11 is 12.0. The van der Waals surface area contributed by atoms with Gasteiger partial charge in [-0.3, -0.25) is 0 Å². The Hall–Kier alpha value is -1.19. The Labute approximate surface area is 110 Å². The summed E-state index contributed by atoms with van der Waals surface area (Å²) in [4.78, 5) is 0. The number of anilines is 1. The molecule has 1 aromatic carbocycles. The van der Waals surface area contributed by atoms with E-state index in [9.17, 15) is 0 Å². The fraction of sp³-hybridized carbons (Fsp3) is 0.250. The van der Waals surface area contributed by atoms with Gasteiger partial charge in [0, 0.05) is 5.02 Å². The lowest BCUT2D eigenvalue weighted by molar-refractivity contribution is 0.569. The van der Waals surface area contributed by atoms with Crippen molar-refractivity contribution < 1.29 is 0 Å². The summed E-state index contributed by atoms with van der Waals surface area (Å²) in [5.74, 6) is 0.483. The highest BCUT2D eigenvalue weighted by Crippen LogP contribution is 2.28. The average Bonchev–Trinajstić information content (AvgIpc) is 2.56. The summed E-state index contributed by atoms with van der Waals surface area (Å²) in [6.07, 6.45) is 0. The van der Waals surface area contributed by atoms with Crippen molar-refractivity contribution in [1.82, 2.24) is 9.78 Å². The zero-order chi connectivity index (χ0) is 12.6. The lowest BCUT2D eigenvalue weighted by atomic mass is 10.1. The first-order valence-corrected chi connectivity index (χ1v) is 6.02. The van der Waals surface area contributed by atoms with E-state index >= 15 is 0 Å². The SMILES string of the molecule is Cc1nn(C(C)c2cccc(Cl)c2)c(N)c1Cl. The Balaban J connectivity index is 2.43. The predicted octanol–water partition coefficient (Wildman–Crippen LogP) is 3.69. The monoisotopic (exact) mass is 269 g/mol. The maximum Gasteiger partial charge on any atom is 0.141 e. The molecule has 0 saturated heterocycles. The Kier molecular flexibility index (Phi) is 3.31. The quantitative estimate of drug-likeness (QED) is 0.904. The van der Waals surface area contributed by atoms with Crippen LogP contribution in [0.25, 0.3) is 0 Å². The van der Waals surface area contributed by atoms with Gasteiger partial charge in [-0.05, 0) is 31.5 Å². The molecule has 1 atom stereocenters. The van der Waals surface area contributed by atoms with E-state index in [1.165, 1.54) is 0 Å². The van der Waals surface area contributed by atoms with Crippen molar-refractivity contribution in [3.8, 4) is 0 Å². The van der Waals surface area contributed by atoms with Gasteiger partial charge < -0.3 is 5.73 Å². The van der Waals surface area contributed by atoms with Gasteiger partial charge in [0.2, 0.25) is 0 Å².